The summed E-state index contributed by atoms with van der Waals surface area (Å²) in [7, 11) is 0. The number of nitrogens with zero attached hydrogens (tertiary/aromatic N) is 1. The second-order valence-corrected chi connectivity index (χ2v) is 8.82. The molecule has 2 amide bonds. The number of Topliss-reactive ketones (excluding diaryl/α,β-unsaturated/α-hetero) is 1. The van der Waals surface area contributed by atoms with Gasteiger partial charge in [0.2, 0.25) is 0 Å². The molecule has 146 valence electrons. The Morgan fingerprint density at radius 1 is 1.04 bits per heavy atom. The lowest BCUT2D eigenvalue weighted by atomic mass is 10.1. The van der Waals surface area contributed by atoms with E-state index in [1.54, 1.807) is 39.0 Å². The molecule has 28 heavy (non-hydrogen) atoms. The van der Waals surface area contributed by atoms with Crippen LogP contribution in [-0.4, -0.2) is 28.3 Å². The number of ether oxygens (including phenoxy) is 1. The van der Waals surface area contributed by atoms with Crippen LogP contribution in [0.4, 0.5) is 10.5 Å². The molecule has 6 nitrogen and oxygen atoms in total. The van der Waals surface area contributed by atoms with Crippen LogP contribution in [0.3, 0.4) is 0 Å². The molecular formula is C21H21IN2O4. The van der Waals surface area contributed by atoms with Gasteiger partial charge in [-0.1, -0.05) is 24.3 Å². The zero-order valence-electron chi connectivity index (χ0n) is 15.9. The monoisotopic (exact) mass is 492 g/mol. The molecule has 0 atom stereocenters. The Balaban J connectivity index is 1.80. The first-order valence-electron chi connectivity index (χ1n) is 8.84. The van der Waals surface area contributed by atoms with Crippen molar-refractivity contribution in [2.75, 3.05) is 5.32 Å². The maximum absolute atomic E-state index is 12.9. The van der Waals surface area contributed by atoms with Crippen LogP contribution in [0.5, 0.6) is 0 Å². The largest absolute Gasteiger partial charge is 0.444 e. The van der Waals surface area contributed by atoms with Crippen LogP contribution < -0.4 is 5.32 Å². The molecule has 0 bridgehead atoms. The Kier molecular flexibility index (Phi) is 5.74. The lowest BCUT2D eigenvalue weighted by molar-refractivity contribution is -0.127. The third-order valence-electron chi connectivity index (χ3n) is 4.18. The van der Waals surface area contributed by atoms with Crippen LogP contribution in [0.1, 0.15) is 42.3 Å². The van der Waals surface area contributed by atoms with Gasteiger partial charge >= 0.3 is 6.09 Å². The molecule has 0 aromatic heterocycles. The van der Waals surface area contributed by atoms with E-state index in [4.69, 9.17) is 4.74 Å². The molecule has 0 saturated heterocycles. The molecule has 1 heterocycles. The van der Waals surface area contributed by atoms with Gasteiger partial charge in [-0.25, -0.2) is 4.79 Å². The fourth-order valence-corrected chi connectivity index (χ4v) is 3.45. The number of hydrogen-bond acceptors (Lipinski definition) is 4. The van der Waals surface area contributed by atoms with Crippen molar-refractivity contribution >= 4 is 46.1 Å². The van der Waals surface area contributed by atoms with Crippen molar-refractivity contribution in [2.24, 2.45) is 0 Å². The van der Waals surface area contributed by atoms with Gasteiger partial charge in [0, 0.05) is 16.7 Å². The number of ketones is 1. The molecule has 0 unspecified atom stereocenters. The van der Waals surface area contributed by atoms with E-state index in [0.717, 1.165) is 14.7 Å². The second-order valence-electron chi connectivity index (χ2n) is 7.58. The molecule has 2 aromatic carbocycles. The third kappa shape index (κ3) is 4.70. The first-order chi connectivity index (χ1) is 13.1. The summed E-state index contributed by atoms with van der Waals surface area (Å²) in [5, 5.41) is 2.58. The zero-order chi connectivity index (χ0) is 20.5. The van der Waals surface area contributed by atoms with Gasteiger partial charge in [-0.3, -0.25) is 14.9 Å². The number of carbonyl (C=O) groups is 3. The summed E-state index contributed by atoms with van der Waals surface area (Å²) in [5.74, 6) is -1.25. The Hall–Kier alpha value is -2.42. The molecule has 0 spiro atoms. The first kappa shape index (κ1) is 20.3. The molecule has 3 rings (SSSR count). The molecule has 0 radical (unpaired) electrons. The van der Waals surface area contributed by atoms with Crippen molar-refractivity contribution in [1.82, 2.24) is 4.90 Å². The van der Waals surface area contributed by atoms with Gasteiger partial charge in [0.15, 0.2) is 0 Å². The normalized spacial score (nSPS) is 13.1. The Morgan fingerprint density at radius 3 is 2.21 bits per heavy atom. The molecular weight excluding hydrogens is 471 g/mol. The number of benzene rings is 2. The lowest BCUT2D eigenvalue weighted by Gasteiger charge is -2.21. The Bertz CT molecular complexity index is 925. The minimum atomic E-state index is -0.677. The summed E-state index contributed by atoms with van der Waals surface area (Å²) in [6.07, 6.45) is -0.677. The van der Waals surface area contributed by atoms with E-state index in [9.17, 15) is 14.4 Å². The average molecular weight is 492 g/mol. The first-order valence-corrected chi connectivity index (χ1v) is 9.92. The van der Waals surface area contributed by atoms with E-state index in [-0.39, 0.29) is 11.3 Å². The third-order valence-corrected chi connectivity index (χ3v) is 4.86. The van der Waals surface area contributed by atoms with E-state index < -0.39 is 23.4 Å². The van der Waals surface area contributed by atoms with Crippen LogP contribution >= 0.6 is 22.6 Å². The van der Waals surface area contributed by atoms with Crippen molar-refractivity contribution in [3.63, 3.8) is 0 Å². The number of amides is 2. The lowest BCUT2D eigenvalue weighted by Crippen LogP contribution is -2.33. The summed E-state index contributed by atoms with van der Waals surface area (Å²) in [4.78, 5) is 39.4. The van der Waals surface area contributed by atoms with Crippen molar-refractivity contribution in [1.29, 1.82) is 0 Å². The second kappa shape index (κ2) is 7.90. The molecule has 0 aliphatic carbocycles. The molecule has 1 aliphatic rings. The van der Waals surface area contributed by atoms with Crippen molar-refractivity contribution in [3.8, 4) is 0 Å². The van der Waals surface area contributed by atoms with Gasteiger partial charge in [-0.05, 0) is 72.7 Å². The Labute approximate surface area is 177 Å². The molecule has 1 aliphatic heterocycles. The van der Waals surface area contributed by atoms with Gasteiger partial charge in [-0.2, -0.15) is 0 Å². The van der Waals surface area contributed by atoms with E-state index >= 15 is 0 Å². The van der Waals surface area contributed by atoms with E-state index in [2.05, 4.69) is 27.9 Å². The van der Waals surface area contributed by atoms with E-state index in [1.165, 1.54) is 4.90 Å². The Morgan fingerprint density at radius 2 is 1.64 bits per heavy atom. The molecule has 1 N–H and O–H groups in total. The zero-order valence-corrected chi connectivity index (χ0v) is 18.1. The fourth-order valence-electron chi connectivity index (χ4n) is 2.96. The highest BCUT2D eigenvalue weighted by molar-refractivity contribution is 14.1. The minimum absolute atomic E-state index is 0.152. The van der Waals surface area contributed by atoms with E-state index in [1.807, 2.05) is 24.3 Å². The molecule has 0 saturated carbocycles. The summed E-state index contributed by atoms with van der Waals surface area (Å²) < 4.78 is 6.04. The number of halogens is 1. The van der Waals surface area contributed by atoms with Gasteiger partial charge < -0.3 is 9.64 Å². The molecule has 7 heteroatoms. The predicted octanol–water partition coefficient (Wildman–Crippen LogP) is 4.36. The van der Waals surface area contributed by atoms with Gasteiger partial charge in [0.25, 0.3) is 11.7 Å². The average Bonchev–Trinajstić information content (AvgIpc) is 3.04. The van der Waals surface area contributed by atoms with Gasteiger partial charge in [-0.15, -0.1) is 0 Å². The maximum atomic E-state index is 12.9. The molecule has 2 aromatic rings. The quantitative estimate of drug-likeness (QED) is 0.393. The van der Waals surface area contributed by atoms with Crippen LogP contribution in [0.2, 0.25) is 0 Å². The van der Waals surface area contributed by atoms with Gasteiger partial charge in [0.1, 0.15) is 5.60 Å². The van der Waals surface area contributed by atoms with Gasteiger partial charge in [0.05, 0.1) is 11.3 Å². The maximum Gasteiger partial charge on any atom is 0.412 e. The highest BCUT2D eigenvalue weighted by Crippen LogP contribution is 2.25. The number of fused-ring (bicyclic) bond motifs is 1. The predicted molar refractivity (Wildman–Crippen MR) is 114 cm³/mol. The topological polar surface area (TPSA) is 75.7 Å². The number of hydrogen-bond donors (Lipinski definition) is 1. The van der Waals surface area contributed by atoms with Crippen molar-refractivity contribution in [3.05, 3.63) is 62.7 Å². The smallest absolute Gasteiger partial charge is 0.412 e. The van der Waals surface area contributed by atoms with Crippen molar-refractivity contribution < 1.29 is 19.1 Å². The summed E-state index contributed by atoms with van der Waals surface area (Å²) in [6, 6.07) is 12.7. The summed E-state index contributed by atoms with van der Waals surface area (Å²) in [5.41, 5.74) is 1.81. The highest BCUT2D eigenvalue weighted by Gasteiger charge is 2.30. The standard InChI is InChI=1S/C21H21IN2O4/c1-21(2,3)28-20(27)23-17-9-8-15(22)10-16(17)18(25)19(26)24-11-13-6-4-5-7-14(13)12-24/h4-10H,11-12H2,1-3H3,(H,23,27). The summed E-state index contributed by atoms with van der Waals surface area (Å²) in [6.45, 7) is 6.06. The van der Waals surface area contributed by atoms with E-state index in [0.29, 0.717) is 13.1 Å². The number of carbonyl (C=O) groups excluding carboxylic acids is 3. The van der Waals surface area contributed by atoms with Crippen LogP contribution in [0.25, 0.3) is 0 Å². The van der Waals surface area contributed by atoms with Crippen LogP contribution in [0.15, 0.2) is 42.5 Å². The fraction of sp³-hybridized carbons (Fsp3) is 0.286. The number of nitrogens with one attached hydrogen (secondary N) is 1. The number of anilines is 1. The minimum Gasteiger partial charge on any atom is -0.444 e. The molecule has 0 fully saturated rings. The van der Waals surface area contributed by atoms with Crippen LogP contribution in [0, 0.1) is 3.57 Å². The number of rotatable bonds is 3. The highest BCUT2D eigenvalue weighted by atomic mass is 127. The summed E-state index contributed by atoms with van der Waals surface area (Å²) >= 11 is 2.06. The van der Waals surface area contributed by atoms with Crippen molar-refractivity contribution in [2.45, 2.75) is 39.5 Å². The SMILES string of the molecule is CC(C)(C)OC(=O)Nc1ccc(I)cc1C(=O)C(=O)N1Cc2ccccc2C1. The van der Waals surface area contributed by atoms with Crippen LogP contribution in [-0.2, 0) is 22.6 Å².